The van der Waals surface area contributed by atoms with E-state index in [1.54, 1.807) is 24.3 Å². The standard InChI is InChI=1S/C35H28Cl4F2N2O6S2/c36-27-13-26(34(44)31(38)14-27)21-50(46,47)42(18-24-5-9-29(40)10-6-24)17-22-1-3-23(4-2-22)19-43(20-25-7-11-30(41)12-8-25)51(48,49)33-16-28(37)15-32(39)35(33)45/h1-16,44-45H,17-21H2. The Hall–Kier alpha value is -3.46. The van der Waals surface area contributed by atoms with Crippen molar-refractivity contribution in [1.29, 1.82) is 0 Å². The normalized spacial score (nSPS) is 12.2. The number of benzene rings is 5. The molecule has 0 aliphatic rings. The minimum absolute atomic E-state index is 0.0126. The second kappa shape index (κ2) is 16.1. The zero-order chi connectivity index (χ0) is 37.1. The molecule has 16 heteroatoms. The second-order valence-corrected chi connectivity index (χ2v) is 17.1. The summed E-state index contributed by atoms with van der Waals surface area (Å²) in [6.45, 7) is -0.718. The highest BCUT2D eigenvalue weighted by Crippen LogP contribution is 2.37. The highest BCUT2D eigenvalue weighted by molar-refractivity contribution is 7.89. The van der Waals surface area contributed by atoms with Crippen LogP contribution in [0.5, 0.6) is 11.5 Å². The van der Waals surface area contributed by atoms with Crippen molar-refractivity contribution in [1.82, 2.24) is 8.61 Å². The smallest absolute Gasteiger partial charge is 0.247 e. The van der Waals surface area contributed by atoms with Gasteiger partial charge in [-0.1, -0.05) is 94.9 Å². The maximum Gasteiger partial charge on any atom is 0.247 e. The third-order valence-corrected chi connectivity index (χ3v) is 12.3. The summed E-state index contributed by atoms with van der Waals surface area (Å²) in [6.07, 6.45) is 0. The summed E-state index contributed by atoms with van der Waals surface area (Å²) < 4.78 is 84.9. The summed E-state index contributed by atoms with van der Waals surface area (Å²) in [7, 11) is -8.60. The zero-order valence-electron chi connectivity index (χ0n) is 26.3. The molecule has 0 aliphatic heterocycles. The molecule has 0 saturated carbocycles. The summed E-state index contributed by atoms with van der Waals surface area (Å²) in [4.78, 5) is -0.521. The Kier molecular flexibility index (Phi) is 12.2. The molecule has 0 saturated heterocycles. The third-order valence-electron chi connectivity index (χ3n) is 7.73. The summed E-state index contributed by atoms with van der Waals surface area (Å²) in [5, 5.41) is 20.8. The number of hydrogen-bond acceptors (Lipinski definition) is 6. The van der Waals surface area contributed by atoms with Crippen LogP contribution in [0.4, 0.5) is 8.78 Å². The van der Waals surface area contributed by atoms with E-state index < -0.39 is 53.8 Å². The number of hydrogen-bond donors (Lipinski definition) is 2. The molecule has 0 spiro atoms. The summed E-state index contributed by atoms with van der Waals surface area (Å²) in [5.74, 6) is -2.76. The van der Waals surface area contributed by atoms with Crippen LogP contribution in [0.3, 0.4) is 0 Å². The minimum atomic E-state index is -4.44. The van der Waals surface area contributed by atoms with Crippen LogP contribution in [0.15, 0.2) is 102 Å². The lowest BCUT2D eigenvalue weighted by Gasteiger charge is -2.24. The predicted octanol–water partition coefficient (Wildman–Crippen LogP) is 8.91. The first-order valence-corrected chi connectivity index (χ1v) is 19.5. The van der Waals surface area contributed by atoms with Crippen LogP contribution in [0.25, 0.3) is 0 Å². The van der Waals surface area contributed by atoms with Crippen molar-refractivity contribution in [3.05, 3.63) is 157 Å². The number of phenols is 2. The lowest BCUT2D eigenvalue weighted by Crippen LogP contribution is -2.31. The van der Waals surface area contributed by atoms with Crippen LogP contribution in [-0.2, 0) is 52.0 Å². The Morgan fingerprint density at radius 2 is 0.902 bits per heavy atom. The maximum atomic E-state index is 13.9. The average molecular weight is 817 g/mol. The van der Waals surface area contributed by atoms with Crippen molar-refractivity contribution in [2.45, 2.75) is 36.8 Å². The molecule has 2 N–H and O–H groups in total. The third kappa shape index (κ3) is 9.70. The van der Waals surface area contributed by atoms with Crippen LogP contribution >= 0.6 is 46.4 Å². The highest BCUT2D eigenvalue weighted by atomic mass is 35.5. The summed E-state index contributed by atoms with van der Waals surface area (Å²) in [6, 6.07) is 21.9. The fourth-order valence-electron chi connectivity index (χ4n) is 5.12. The highest BCUT2D eigenvalue weighted by Gasteiger charge is 2.30. The van der Waals surface area contributed by atoms with Crippen molar-refractivity contribution >= 4 is 66.5 Å². The molecule has 0 amide bonds. The summed E-state index contributed by atoms with van der Waals surface area (Å²) in [5.41, 5.74) is 1.95. The van der Waals surface area contributed by atoms with Gasteiger partial charge >= 0.3 is 0 Å². The van der Waals surface area contributed by atoms with Crippen molar-refractivity contribution in [3.63, 3.8) is 0 Å². The molecule has 0 aromatic heterocycles. The maximum absolute atomic E-state index is 13.9. The van der Waals surface area contributed by atoms with Gasteiger partial charge in [0, 0.05) is 41.8 Å². The Morgan fingerprint density at radius 1 is 0.529 bits per heavy atom. The first-order chi connectivity index (χ1) is 24.0. The van der Waals surface area contributed by atoms with E-state index in [9.17, 15) is 35.8 Å². The first kappa shape index (κ1) is 38.8. The van der Waals surface area contributed by atoms with Crippen molar-refractivity contribution < 1.29 is 35.8 Å². The monoisotopic (exact) mass is 814 g/mol. The number of aromatic hydroxyl groups is 2. The molecular formula is C35H28Cl4F2N2O6S2. The average Bonchev–Trinajstić information content (AvgIpc) is 3.07. The van der Waals surface area contributed by atoms with E-state index in [0.717, 1.165) is 14.7 Å². The van der Waals surface area contributed by atoms with Crippen LogP contribution in [0.1, 0.15) is 27.8 Å². The zero-order valence-corrected chi connectivity index (χ0v) is 30.9. The molecule has 5 aromatic carbocycles. The Labute approximate surface area is 314 Å². The second-order valence-electron chi connectivity index (χ2n) is 11.5. The number of rotatable bonds is 13. The van der Waals surface area contributed by atoms with Crippen LogP contribution in [0.2, 0.25) is 20.1 Å². The van der Waals surface area contributed by atoms with E-state index in [1.807, 2.05) is 0 Å². The van der Waals surface area contributed by atoms with Crippen LogP contribution < -0.4 is 0 Å². The van der Waals surface area contributed by atoms with Gasteiger partial charge in [-0.15, -0.1) is 0 Å². The van der Waals surface area contributed by atoms with Gasteiger partial charge in [0.05, 0.1) is 15.8 Å². The predicted molar refractivity (Wildman–Crippen MR) is 194 cm³/mol. The molecule has 0 unspecified atom stereocenters. The Bertz CT molecular complexity index is 2260. The fourth-order valence-corrected chi connectivity index (χ4v) is 9.30. The SMILES string of the molecule is O=S(=O)(Cc1cc(Cl)cc(Cl)c1O)N(Cc1ccc(F)cc1)Cc1ccc(CN(Cc2ccc(F)cc2)S(=O)(=O)c2cc(Cl)cc(Cl)c2O)cc1. The van der Waals surface area contributed by atoms with Crippen LogP contribution in [-0.4, -0.2) is 35.7 Å². The van der Waals surface area contributed by atoms with E-state index in [0.29, 0.717) is 22.3 Å². The Morgan fingerprint density at radius 3 is 1.35 bits per heavy atom. The minimum Gasteiger partial charge on any atom is -0.506 e. The first-order valence-electron chi connectivity index (χ1n) is 14.9. The molecule has 51 heavy (non-hydrogen) atoms. The molecule has 0 aliphatic carbocycles. The topological polar surface area (TPSA) is 115 Å². The van der Waals surface area contributed by atoms with Gasteiger partial charge in [-0.2, -0.15) is 8.61 Å². The lowest BCUT2D eigenvalue weighted by atomic mass is 10.1. The molecule has 5 rings (SSSR count). The van der Waals surface area contributed by atoms with Gasteiger partial charge in [0.1, 0.15) is 22.3 Å². The number of nitrogens with zero attached hydrogens (tertiary/aromatic N) is 2. The molecule has 0 atom stereocenters. The molecule has 0 heterocycles. The molecule has 268 valence electrons. The van der Waals surface area contributed by atoms with Crippen molar-refractivity contribution in [2.24, 2.45) is 0 Å². The fraction of sp³-hybridized carbons (Fsp3) is 0.143. The van der Waals surface area contributed by atoms with Gasteiger partial charge in [-0.3, -0.25) is 0 Å². The van der Waals surface area contributed by atoms with E-state index in [-0.39, 0.29) is 51.8 Å². The molecule has 8 nitrogen and oxygen atoms in total. The lowest BCUT2D eigenvalue weighted by molar-refractivity contribution is 0.393. The number of phenolic OH excluding ortho intramolecular Hbond substituents is 2. The van der Waals surface area contributed by atoms with Gasteiger partial charge in [-0.25, -0.2) is 25.6 Å². The quantitative estimate of drug-likeness (QED) is 0.123. The van der Waals surface area contributed by atoms with Gasteiger partial charge in [0.2, 0.25) is 20.0 Å². The molecular weight excluding hydrogens is 788 g/mol. The molecule has 0 bridgehead atoms. The van der Waals surface area contributed by atoms with Gasteiger partial charge in [0.25, 0.3) is 0 Å². The molecule has 0 fully saturated rings. The van der Waals surface area contributed by atoms with Gasteiger partial charge in [0.15, 0.2) is 5.75 Å². The van der Waals surface area contributed by atoms with Crippen molar-refractivity contribution in [3.8, 4) is 11.5 Å². The number of sulfonamides is 2. The van der Waals surface area contributed by atoms with Gasteiger partial charge < -0.3 is 10.2 Å². The molecule has 5 aromatic rings. The van der Waals surface area contributed by atoms with E-state index in [2.05, 4.69) is 0 Å². The Balaban J connectivity index is 1.44. The largest absolute Gasteiger partial charge is 0.506 e. The van der Waals surface area contributed by atoms with E-state index in [1.165, 1.54) is 66.7 Å². The molecule has 0 radical (unpaired) electrons. The van der Waals surface area contributed by atoms with Gasteiger partial charge in [-0.05, 0) is 70.8 Å². The van der Waals surface area contributed by atoms with E-state index >= 15 is 0 Å². The van der Waals surface area contributed by atoms with Crippen LogP contribution in [0, 0.1) is 11.6 Å². The number of halogens is 6. The summed E-state index contributed by atoms with van der Waals surface area (Å²) >= 11 is 24.2. The van der Waals surface area contributed by atoms with E-state index in [4.69, 9.17) is 46.4 Å². The van der Waals surface area contributed by atoms with Crippen molar-refractivity contribution in [2.75, 3.05) is 0 Å².